The Bertz CT molecular complexity index is 395. The molecule has 0 aliphatic heterocycles. The predicted octanol–water partition coefficient (Wildman–Crippen LogP) is 2.50. The van der Waals surface area contributed by atoms with E-state index < -0.39 is 6.43 Å². The third-order valence-corrected chi connectivity index (χ3v) is 1.73. The Morgan fingerprint density at radius 1 is 1.33 bits per heavy atom. The first-order valence-electron chi connectivity index (χ1n) is 3.49. The molecule has 0 bridgehead atoms. The molecule has 1 N–H and O–H groups in total. The second-order valence-electron chi connectivity index (χ2n) is 2.44. The molecule has 2 aromatic heterocycles. The van der Waals surface area contributed by atoms with Crippen LogP contribution in [0.3, 0.4) is 0 Å². The molecule has 0 saturated carbocycles. The number of pyridine rings is 1. The van der Waals surface area contributed by atoms with Crippen molar-refractivity contribution in [3.63, 3.8) is 0 Å². The van der Waals surface area contributed by atoms with Gasteiger partial charge in [0.05, 0.1) is 0 Å². The molecule has 0 aliphatic carbocycles. The Kier molecular flexibility index (Phi) is 1.53. The Labute approximate surface area is 67.2 Å². The Morgan fingerprint density at radius 3 is 2.92 bits per heavy atom. The van der Waals surface area contributed by atoms with E-state index in [-0.39, 0.29) is 5.56 Å². The molecule has 0 atom stereocenters. The van der Waals surface area contributed by atoms with Gasteiger partial charge in [0, 0.05) is 23.3 Å². The molecule has 0 aromatic carbocycles. The van der Waals surface area contributed by atoms with Crippen molar-refractivity contribution >= 4 is 11.0 Å². The van der Waals surface area contributed by atoms with Crippen molar-refractivity contribution in [3.05, 3.63) is 30.1 Å². The first-order chi connectivity index (χ1) is 5.79. The molecule has 0 fully saturated rings. The van der Waals surface area contributed by atoms with Crippen molar-refractivity contribution in [2.45, 2.75) is 6.43 Å². The second-order valence-corrected chi connectivity index (χ2v) is 2.44. The molecule has 0 radical (unpaired) electrons. The molecule has 12 heavy (non-hydrogen) atoms. The fraction of sp³-hybridized carbons (Fsp3) is 0.125. The number of rotatable bonds is 1. The van der Waals surface area contributed by atoms with Crippen LogP contribution in [0.4, 0.5) is 8.78 Å². The van der Waals surface area contributed by atoms with Crippen LogP contribution >= 0.6 is 0 Å². The maximum absolute atomic E-state index is 12.3. The molecule has 2 heterocycles. The molecule has 2 nitrogen and oxygen atoms in total. The van der Waals surface area contributed by atoms with Crippen LogP contribution in [0.1, 0.15) is 12.0 Å². The average molecular weight is 168 g/mol. The monoisotopic (exact) mass is 168 g/mol. The van der Waals surface area contributed by atoms with Gasteiger partial charge in [0.15, 0.2) is 0 Å². The third kappa shape index (κ3) is 0.958. The van der Waals surface area contributed by atoms with Crippen LogP contribution in [-0.2, 0) is 0 Å². The van der Waals surface area contributed by atoms with Crippen molar-refractivity contribution < 1.29 is 8.78 Å². The minimum Gasteiger partial charge on any atom is -0.346 e. The number of alkyl halides is 2. The predicted molar refractivity (Wildman–Crippen MR) is 41.1 cm³/mol. The summed E-state index contributed by atoms with van der Waals surface area (Å²) >= 11 is 0. The van der Waals surface area contributed by atoms with Gasteiger partial charge in [0.25, 0.3) is 6.43 Å². The normalized spacial score (nSPS) is 11.2. The van der Waals surface area contributed by atoms with Gasteiger partial charge >= 0.3 is 0 Å². The summed E-state index contributed by atoms with van der Waals surface area (Å²) in [6.45, 7) is 0. The number of fused-ring (bicyclic) bond motifs is 1. The van der Waals surface area contributed by atoms with Gasteiger partial charge in [-0.15, -0.1) is 0 Å². The maximum atomic E-state index is 12.3. The summed E-state index contributed by atoms with van der Waals surface area (Å²) in [5.74, 6) is 0. The molecular formula is C8H6F2N2. The highest BCUT2D eigenvalue weighted by Crippen LogP contribution is 2.25. The fourth-order valence-electron chi connectivity index (χ4n) is 1.17. The lowest BCUT2D eigenvalue weighted by Gasteiger charge is -1.99. The van der Waals surface area contributed by atoms with E-state index in [2.05, 4.69) is 9.97 Å². The zero-order valence-electron chi connectivity index (χ0n) is 6.09. The smallest absolute Gasteiger partial charge is 0.264 e. The molecule has 0 unspecified atom stereocenters. The third-order valence-electron chi connectivity index (χ3n) is 1.73. The van der Waals surface area contributed by atoms with Gasteiger partial charge in [-0.2, -0.15) is 0 Å². The van der Waals surface area contributed by atoms with E-state index in [0.29, 0.717) is 11.0 Å². The Morgan fingerprint density at radius 2 is 2.17 bits per heavy atom. The Hall–Kier alpha value is -1.45. The lowest BCUT2D eigenvalue weighted by atomic mass is 10.2. The largest absolute Gasteiger partial charge is 0.346 e. The van der Waals surface area contributed by atoms with Gasteiger partial charge in [-0.25, -0.2) is 13.8 Å². The summed E-state index contributed by atoms with van der Waals surface area (Å²) in [5, 5.41) is 0.493. The SMILES string of the molecule is FC(F)c1ccnc2[nH]ccc12. The van der Waals surface area contributed by atoms with Crippen molar-refractivity contribution in [3.8, 4) is 0 Å². The zero-order valence-corrected chi connectivity index (χ0v) is 6.09. The van der Waals surface area contributed by atoms with Gasteiger partial charge < -0.3 is 4.98 Å². The van der Waals surface area contributed by atoms with Crippen molar-refractivity contribution in [2.75, 3.05) is 0 Å². The quantitative estimate of drug-likeness (QED) is 0.696. The zero-order chi connectivity index (χ0) is 8.55. The van der Waals surface area contributed by atoms with Crippen LogP contribution in [-0.4, -0.2) is 9.97 Å². The number of H-pyrrole nitrogens is 1. The lowest BCUT2D eigenvalue weighted by molar-refractivity contribution is 0.153. The van der Waals surface area contributed by atoms with Gasteiger partial charge in [-0.1, -0.05) is 0 Å². The number of aromatic nitrogens is 2. The van der Waals surface area contributed by atoms with E-state index in [1.807, 2.05) is 0 Å². The van der Waals surface area contributed by atoms with Crippen LogP contribution in [0.5, 0.6) is 0 Å². The highest BCUT2D eigenvalue weighted by molar-refractivity contribution is 5.79. The van der Waals surface area contributed by atoms with E-state index in [9.17, 15) is 8.78 Å². The summed E-state index contributed by atoms with van der Waals surface area (Å²) in [6, 6.07) is 2.94. The van der Waals surface area contributed by atoms with Gasteiger partial charge in [0.1, 0.15) is 5.65 Å². The minimum atomic E-state index is -2.44. The number of aromatic amines is 1. The van der Waals surface area contributed by atoms with Crippen molar-refractivity contribution in [1.82, 2.24) is 9.97 Å². The summed E-state index contributed by atoms with van der Waals surface area (Å²) < 4.78 is 24.7. The van der Waals surface area contributed by atoms with E-state index in [1.54, 1.807) is 12.3 Å². The summed E-state index contributed by atoms with van der Waals surface area (Å²) in [6.07, 6.45) is 0.537. The number of halogens is 2. The number of nitrogens with one attached hydrogen (secondary N) is 1. The average Bonchev–Trinajstić information content (AvgIpc) is 2.49. The van der Waals surface area contributed by atoms with Gasteiger partial charge in [-0.3, -0.25) is 0 Å². The highest BCUT2D eigenvalue weighted by Gasteiger charge is 2.11. The van der Waals surface area contributed by atoms with Gasteiger partial charge in [0.2, 0.25) is 0 Å². The molecule has 2 rings (SSSR count). The number of nitrogens with zero attached hydrogens (tertiary/aromatic N) is 1. The highest BCUT2D eigenvalue weighted by atomic mass is 19.3. The standard InChI is InChI=1S/C8H6F2N2/c9-7(10)5-1-3-11-8-6(5)2-4-12-8/h1-4,7H,(H,11,12). The van der Waals surface area contributed by atoms with E-state index in [1.165, 1.54) is 12.3 Å². The first-order valence-corrected chi connectivity index (χ1v) is 3.49. The fourth-order valence-corrected chi connectivity index (χ4v) is 1.17. The summed E-state index contributed by atoms with van der Waals surface area (Å²) in [4.78, 5) is 6.67. The molecule has 0 amide bonds. The topological polar surface area (TPSA) is 28.7 Å². The molecular weight excluding hydrogens is 162 g/mol. The van der Waals surface area contributed by atoms with E-state index >= 15 is 0 Å². The van der Waals surface area contributed by atoms with Crippen molar-refractivity contribution in [2.24, 2.45) is 0 Å². The van der Waals surface area contributed by atoms with Crippen molar-refractivity contribution in [1.29, 1.82) is 0 Å². The maximum Gasteiger partial charge on any atom is 0.264 e. The molecule has 2 aromatic rings. The molecule has 0 aliphatic rings. The number of hydrogen-bond donors (Lipinski definition) is 1. The Balaban J connectivity index is 2.73. The van der Waals surface area contributed by atoms with E-state index in [0.717, 1.165) is 0 Å². The molecule has 0 saturated heterocycles. The summed E-state index contributed by atoms with van der Waals surface area (Å²) in [7, 11) is 0. The molecule has 4 heteroatoms. The molecule has 62 valence electrons. The van der Waals surface area contributed by atoms with Gasteiger partial charge in [-0.05, 0) is 12.1 Å². The second kappa shape index (κ2) is 2.55. The van der Waals surface area contributed by atoms with Crippen LogP contribution in [0.2, 0.25) is 0 Å². The van der Waals surface area contributed by atoms with Crippen LogP contribution in [0.15, 0.2) is 24.5 Å². The number of hydrogen-bond acceptors (Lipinski definition) is 1. The first kappa shape index (κ1) is 7.21. The van der Waals surface area contributed by atoms with E-state index in [4.69, 9.17) is 0 Å². The minimum absolute atomic E-state index is 0.0289. The van der Waals surface area contributed by atoms with Crippen LogP contribution in [0, 0.1) is 0 Å². The summed E-state index contributed by atoms with van der Waals surface area (Å²) in [5.41, 5.74) is 0.536. The lowest BCUT2D eigenvalue weighted by Crippen LogP contribution is -1.86. The van der Waals surface area contributed by atoms with Crippen LogP contribution < -0.4 is 0 Å². The van der Waals surface area contributed by atoms with Crippen LogP contribution in [0.25, 0.3) is 11.0 Å². The molecule has 0 spiro atoms.